The van der Waals surface area contributed by atoms with Crippen LogP contribution in [-0.4, -0.2) is 39.6 Å². The molecule has 2 aromatic rings. The summed E-state index contributed by atoms with van der Waals surface area (Å²) in [5.74, 6) is -0.410. The molecule has 0 aliphatic heterocycles. The van der Waals surface area contributed by atoms with Gasteiger partial charge >= 0.3 is 0 Å². The summed E-state index contributed by atoms with van der Waals surface area (Å²) in [6, 6.07) is 2.67. The van der Waals surface area contributed by atoms with E-state index in [1.807, 2.05) is 0 Å². The molecule has 2 heterocycles. The zero-order valence-corrected chi connectivity index (χ0v) is 10.3. The Balaban J connectivity index is 2.15. The molecule has 0 spiro atoms. The van der Waals surface area contributed by atoms with Gasteiger partial charge in [-0.25, -0.2) is 4.68 Å². The molecule has 2 N–H and O–H groups in total. The normalized spacial score (nSPS) is 10.4. The molecule has 0 aliphatic carbocycles. The molecule has 0 aliphatic rings. The van der Waals surface area contributed by atoms with Crippen LogP contribution < -0.4 is 10.9 Å². The van der Waals surface area contributed by atoms with Gasteiger partial charge in [0, 0.05) is 19.4 Å². The summed E-state index contributed by atoms with van der Waals surface area (Å²) < 4.78 is 6.06. The molecule has 1 amide bonds. The molecule has 0 fully saturated rings. The van der Waals surface area contributed by atoms with Crippen molar-refractivity contribution in [3.05, 3.63) is 40.6 Å². The fourth-order valence-electron chi connectivity index (χ4n) is 1.42. The number of hydrogen-bond acceptors (Lipinski definition) is 5. The average molecular weight is 263 g/mol. The van der Waals surface area contributed by atoms with Gasteiger partial charge in [0.15, 0.2) is 0 Å². The van der Waals surface area contributed by atoms with Gasteiger partial charge in [0.25, 0.3) is 11.5 Å². The molecule has 0 saturated carbocycles. The van der Waals surface area contributed by atoms with Crippen LogP contribution in [0.15, 0.2) is 29.3 Å². The Hall–Kier alpha value is -2.48. The summed E-state index contributed by atoms with van der Waals surface area (Å²) in [7, 11) is 1.53. The zero-order chi connectivity index (χ0) is 13.7. The number of amides is 1. The van der Waals surface area contributed by atoms with E-state index in [1.54, 1.807) is 6.20 Å². The summed E-state index contributed by atoms with van der Waals surface area (Å²) in [5, 5.41) is 12.9. The number of nitrogens with zero attached hydrogens (tertiary/aromatic N) is 3. The highest BCUT2D eigenvalue weighted by Gasteiger charge is 2.10. The number of methoxy groups -OCH3 is 1. The van der Waals surface area contributed by atoms with E-state index in [4.69, 9.17) is 4.74 Å². The van der Waals surface area contributed by atoms with Gasteiger partial charge in [-0.15, -0.1) is 0 Å². The van der Waals surface area contributed by atoms with Crippen LogP contribution >= 0.6 is 0 Å². The first-order valence-corrected chi connectivity index (χ1v) is 5.58. The van der Waals surface area contributed by atoms with Gasteiger partial charge in [-0.3, -0.25) is 14.7 Å². The second-order valence-corrected chi connectivity index (χ2v) is 3.71. The number of hydrogen-bond donors (Lipinski definition) is 2. The van der Waals surface area contributed by atoms with Crippen LogP contribution in [-0.2, 0) is 11.3 Å². The number of rotatable bonds is 5. The minimum Gasteiger partial charge on any atom is -0.383 e. The van der Waals surface area contributed by atoms with E-state index in [9.17, 15) is 9.59 Å². The molecule has 100 valence electrons. The summed E-state index contributed by atoms with van der Waals surface area (Å²) in [4.78, 5) is 23.4. The maximum absolute atomic E-state index is 11.9. The minimum atomic E-state index is -0.410. The molecule has 8 heteroatoms. The largest absolute Gasteiger partial charge is 0.383 e. The van der Waals surface area contributed by atoms with Crippen molar-refractivity contribution < 1.29 is 9.53 Å². The number of aromatic amines is 1. The van der Waals surface area contributed by atoms with Crippen LogP contribution in [0.4, 0.5) is 5.69 Å². The Kier molecular flexibility index (Phi) is 4.04. The maximum Gasteiger partial charge on any atom is 0.276 e. The van der Waals surface area contributed by atoms with E-state index in [-0.39, 0.29) is 11.3 Å². The second kappa shape index (κ2) is 5.91. The van der Waals surface area contributed by atoms with E-state index in [0.29, 0.717) is 18.8 Å². The molecule has 19 heavy (non-hydrogen) atoms. The van der Waals surface area contributed by atoms with E-state index < -0.39 is 5.91 Å². The first-order chi connectivity index (χ1) is 9.20. The van der Waals surface area contributed by atoms with Crippen molar-refractivity contribution in [2.24, 2.45) is 0 Å². The smallest absolute Gasteiger partial charge is 0.276 e. The molecule has 0 saturated heterocycles. The van der Waals surface area contributed by atoms with Crippen molar-refractivity contribution in [2.45, 2.75) is 6.54 Å². The molecular weight excluding hydrogens is 250 g/mol. The maximum atomic E-state index is 11.9. The highest BCUT2D eigenvalue weighted by molar-refractivity contribution is 6.02. The molecular formula is C11H13N5O3. The fourth-order valence-corrected chi connectivity index (χ4v) is 1.42. The third-order valence-electron chi connectivity index (χ3n) is 2.36. The Morgan fingerprint density at radius 3 is 3.05 bits per heavy atom. The van der Waals surface area contributed by atoms with E-state index in [2.05, 4.69) is 20.6 Å². The molecule has 2 aromatic heterocycles. The SMILES string of the molecule is COCCn1nc(C(=O)Nc2cn[nH]c2)ccc1=O. The molecule has 2 rings (SSSR count). The van der Waals surface area contributed by atoms with Gasteiger partial charge in [0.1, 0.15) is 5.69 Å². The van der Waals surface area contributed by atoms with Crippen molar-refractivity contribution in [3.8, 4) is 0 Å². The lowest BCUT2D eigenvalue weighted by molar-refractivity contribution is 0.101. The van der Waals surface area contributed by atoms with Crippen molar-refractivity contribution in [3.63, 3.8) is 0 Å². The number of H-pyrrole nitrogens is 1. The average Bonchev–Trinajstić information content (AvgIpc) is 2.90. The Bertz CT molecular complexity index is 605. The molecule has 0 atom stereocenters. The predicted octanol–water partition coefficient (Wildman–Crippen LogP) is -0.135. The van der Waals surface area contributed by atoms with Crippen LogP contribution in [0.3, 0.4) is 0 Å². The minimum absolute atomic E-state index is 0.150. The van der Waals surface area contributed by atoms with E-state index in [0.717, 1.165) is 0 Å². The highest BCUT2D eigenvalue weighted by Crippen LogP contribution is 2.03. The van der Waals surface area contributed by atoms with Gasteiger partial charge in [-0.05, 0) is 6.07 Å². The second-order valence-electron chi connectivity index (χ2n) is 3.71. The van der Waals surface area contributed by atoms with Gasteiger partial charge < -0.3 is 10.1 Å². The predicted molar refractivity (Wildman–Crippen MR) is 66.9 cm³/mol. The third kappa shape index (κ3) is 3.26. The van der Waals surface area contributed by atoms with Crippen molar-refractivity contribution in [1.29, 1.82) is 0 Å². The number of anilines is 1. The third-order valence-corrected chi connectivity index (χ3v) is 2.36. The Morgan fingerprint density at radius 1 is 1.53 bits per heavy atom. The monoisotopic (exact) mass is 263 g/mol. The topological polar surface area (TPSA) is 102 Å². The van der Waals surface area contributed by atoms with E-state index >= 15 is 0 Å². The molecule has 0 unspecified atom stereocenters. The van der Waals surface area contributed by atoms with Crippen LogP contribution in [0.5, 0.6) is 0 Å². The molecule has 0 bridgehead atoms. The fraction of sp³-hybridized carbons (Fsp3) is 0.273. The van der Waals surface area contributed by atoms with Gasteiger partial charge in [0.05, 0.1) is 25.0 Å². The highest BCUT2D eigenvalue weighted by atomic mass is 16.5. The Morgan fingerprint density at radius 2 is 2.37 bits per heavy atom. The molecule has 8 nitrogen and oxygen atoms in total. The van der Waals surface area contributed by atoms with Gasteiger partial charge in [-0.2, -0.15) is 10.2 Å². The van der Waals surface area contributed by atoms with Crippen molar-refractivity contribution in [2.75, 3.05) is 19.0 Å². The first kappa shape index (κ1) is 13.0. The van der Waals surface area contributed by atoms with E-state index in [1.165, 1.54) is 30.1 Å². The first-order valence-electron chi connectivity index (χ1n) is 5.58. The van der Waals surface area contributed by atoms with Crippen LogP contribution in [0.2, 0.25) is 0 Å². The summed E-state index contributed by atoms with van der Waals surface area (Å²) in [6.07, 6.45) is 3.01. The van der Waals surface area contributed by atoms with Crippen LogP contribution in [0.1, 0.15) is 10.5 Å². The number of carbonyl (C=O) groups is 1. The molecule has 0 radical (unpaired) electrons. The van der Waals surface area contributed by atoms with Gasteiger partial charge in [-0.1, -0.05) is 0 Å². The lowest BCUT2D eigenvalue weighted by Crippen LogP contribution is -2.27. The van der Waals surface area contributed by atoms with Gasteiger partial charge in [0.2, 0.25) is 0 Å². The number of aromatic nitrogens is 4. The number of carbonyl (C=O) groups excluding carboxylic acids is 1. The lowest BCUT2D eigenvalue weighted by atomic mass is 10.3. The molecule has 0 aromatic carbocycles. The zero-order valence-electron chi connectivity index (χ0n) is 10.3. The van der Waals surface area contributed by atoms with Crippen LogP contribution in [0, 0.1) is 0 Å². The van der Waals surface area contributed by atoms with Crippen molar-refractivity contribution in [1.82, 2.24) is 20.0 Å². The number of nitrogens with one attached hydrogen (secondary N) is 2. The Labute approximate surface area is 108 Å². The van der Waals surface area contributed by atoms with Crippen molar-refractivity contribution >= 4 is 11.6 Å². The quantitative estimate of drug-likeness (QED) is 0.782. The number of ether oxygens (including phenoxy) is 1. The standard InChI is InChI=1S/C11H13N5O3/c1-19-5-4-16-10(17)3-2-9(15-16)11(18)14-8-6-12-13-7-8/h2-3,6-7H,4-5H2,1H3,(H,12,13)(H,14,18). The lowest BCUT2D eigenvalue weighted by Gasteiger charge is -2.06. The summed E-state index contributed by atoms with van der Waals surface area (Å²) >= 11 is 0. The van der Waals surface area contributed by atoms with Crippen LogP contribution in [0.25, 0.3) is 0 Å². The summed E-state index contributed by atoms with van der Waals surface area (Å²) in [5.41, 5.74) is 0.398. The summed E-state index contributed by atoms with van der Waals surface area (Å²) in [6.45, 7) is 0.641.